The summed E-state index contributed by atoms with van der Waals surface area (Å²) in [5.74, 6) is 0. The molecule has 4 heteroatoms. The predicted molar refractivity (Wildman–Crippen MR) is 46.2 cm³/mol. The van der Waals surface area contributed by atoms with Gasteiger partial charge in [0.15, 0.2) is 0 Å². The van der Waals surface area contributed by atoms with E-state index in [1.807, 2.05) is 12.3 Å². The number of imidazole rings is 1. The van der Waals surface area contributed by atoms with Crippen LogP contribution in [0.15, 0.2) is 10.2 Å². The topological polar surface area (TPSA) is 37.8 Å². The SMILES string of the molecule is Cc1csc2c1[nH]c(=O)n2C. The lowest BCUT2D eigenvalue weighted by atomic mass is 10.4. The summed E-state index contributed by atoms with van der Waals surface area (Å²) in [7, 11) is 1.77. The fourth-order valence-corrected chi connectivity index (χ4v) is 2.09. The molecule has 2 aromatic rings. The summed E-state index contributed by atoms with van der Waals surface area (Å²) in [6.07, 6.45) is 0. The number of H-pyrrole nitrogens is 1. The lowest BCUT2D eigenvalue weighted by molar-refractivity contribution is 0.897. The number of aromatic amines is 1. The molecule has 3 nitrogen and oxygen atoms in total. The molecule has 0 fully saturated rings. The van der Waals surface area contributed by atoms with E-state index in [0.717, 1.165) is 15.9 Å². The van der Waals surface area contributed by atoms with Crippen LogP contribution < -0.4 is 5.69 Å². The van der Waals surface area contributed by atoms with Crippen molar-refractivity contribution in [1.29, 1.82) is 0 Å². The molecule has 0 saturated carbocycles. The normalized spacial score (nSPS) is 11.1. The van der Waals surface area contributed by atoms with Gasteiger partial charge in [0.2, 0.25) is 0 Å². The Morgan fingerprint density at radius 1 is 1.64 bits per heavy atom. The quantitative estimate of drug-likeness (QED) is 0.631. The van der Waals surface area contributed by atoms with Crippen LogP contribution in [0.5, 0.6) is 0 Å². The summed E-state index contributed by atoms with van der Waals surface area (Å²) in [6, 6.07) is 0. The van der Waals surface area contributed by atoms with Gasteiger partial charge in [-0.2, -0.15) is 0 Å². The van der Waals surface area contributed by atoms with Crippen LogP contribution in [0.25, 0.3) is 10.3 Å². The summed E-state index contributed by atoms with van der Waals surface area (Å²) in [6.45, 7) is 1.99. The maximum atomic E-state index is 11.1. The van der Waals surface area contributed by atoms with Gasteiger partial charge in [0, 0.05) is 7.05 Å². The van der Waals surface area contributed by atoms with Crippen molar-refractivity contribution < 1.29 is 0 Å². The first-order valence-electron chi connectivity index (χ1n) is 3.33. The zero-order chi connectivity index (χ0) is 8.01. The number of nitrogens with zero attached hydrogens (tertiary/aromatic N) is 1. The van der Waals surface area contributed by atoms with Crippen molar-refractivity contribution in [3.63, 3.8) is 0 Å². The molecular weight excluding hydrogens is 160 g/mol. The van der Waals surface area contributed by atoms with Crippen LogP contribution in [0, 0.1) is 6.92 Å². The largest absolute Gasteiger partial charge is 0.326 e. The average molecular weight is 168 g/mol. The van der Waals surface area contributed by atoms with Gasteiger partial charge in [-0.1, -0.05) is 0 Å². The number of hydrogen-bond acceptors (Lipinski definition) is 2. The third-order valence-corrected chi connectivity index (χ3v) is 2.97. The van der Waals surface area contributed by atoms with Crippen molar-refractivity contribution >= 4 is 21.7 Å². The number of nitrogens with one attached hydrogen (secondary N) is 1. The Kier molecular flexibility index (Phi) is 1.20. The van der Waals surface area contributed by atoms with Gasteiger partial charge in [0.1, 0.15) is 4.83 Å². The molecule has 2 aromatic heterocycles. The smallest absolute Gasteiger partial charge is 0.305 e. The van der Waals surface area contributed by atoms with Crippen molar-refractivity contribution in [2.45, 2.75) is 6.92 Å². The summed E-state index contributed by atoms with van der Waals surface area (Å²) < 4.78 is 1.63. The number of thiophene rings is 1. The molecule has 0 unspecified atom stereocenters. The van der Waals surface area contributed by atoms with Crippen LogP contribution >= 0.6 is 11.3 Å². The summed E-state index contributed by atoms with van der Waals surface area (Å²) >= 11 is 1.59. The number of rotatable bonds is 0. The monoisotopic (exact) mass is 168 g/mol. The average Bonchev–Trinajstić information content (AvgIpc) is 2.43. The van der Waals surface area contributed by atoms with E-state index < -0.39 is 0 Å². The molecule has 0 spiro atoms. The minimum Gasteiger partial charge on any atom is -0.305 e. The van der Waals surface area contributed by atoms with Gasteiger partial charge >= 0.3 is 5.69 Å². The maximum absolute atomic E-state index is 11.1. The Hall–Kier alpha value is -1.03. The van der Waals surface area contributed by atoms with E-state index in [1.165, 1.54) is 0 Å². The van der Waals surface area contributed by atoms with Crippen molar-refractivity contribution in [3.8, 4) is 0 Å². The fraction of sp³-hybridized carbons (Fsp3) is 0.286. The molecular formula is C7H8N2OS. The zero-order valence-electron chi connectivity index (χ0n) is 6.34. The van der Waals surface area contributed by atoms with E-state index in [0.29, 0.717) is 0 Å². The molecule has 0 atom stereocenters. The Morgan fingerprint density at radius 3 is 3.00 bits per heavy atom. The van der Waals surface area contributed by atoms with E-state index >= 15 is 0 Å². The standard InChI is InChI=1S/C7H8N2OS/c1-4-3-11-6-5(4)8-7(10)9(6)2/h3H,1-2H3,(H,8,10). The number of fused-ring (bicyclic) bond motifs is 1. The molecule has 0 amide bonds. The number of hydrogen-bond donors (Lipinski definition) is 1. The third kappa shape index (κ3) is 0.758. The van der Waals surface area contributed by atoms with Crippen LogP contribution in [-0.2, 0) is 7.05 Å². The van der Waals surface area contributed by atoms with E-state index in [2.05, 4.69) is 4.98 Å². The van der Waals surface area contributed by atoms with Crippen LogP contribution in [0.1, 0.15) is 5.56 Å². The highest BCUT2D eigenvalue weighted by Crippen LogP contribution is 2.20. The minimum atomic E-state index is -0.0325. The van der Waals surface area contributed by atoms with Gasteiger partial charge in [0.05, 0.1) is 5.52 Å². The van der Waals surface area contributed by atoms with Crippen LogP contribution in [0.4, 0.5) is 0 Å². The second-order valence-corrected chi connectivity index (χ2v) is 3.45. The van der Waals surface area contributed by atoms with Crippen molar-refractivity contribution in [2.24, 2.45) is 7.05 Å². The molecule has 0 aliphatic heterocycles. The lowest BCUT2D eigenvalue weighted by Gasteiger charge is -1.82. The molecule has 2 heterocycles. The highest BCUT2D eigenvalue weighted by atomic mass is 32.1. The Morgan fingerprint density at radius 2 is 2.36 bits per heavy atom. The summed E-state index contributed by atoms with van der Waals surface area (Å²) in [5.41, 5.74) is 2.08. The first kappa shape index (κ1) is 6.67. The Balaban J connectivity index is 3.05. The molecule has 58 valence electrons. The van der Waals surface area contributed by atoms with Gasteiger partial charge in [0.25, 0.3) is 0 Å². The van der Waals surface area contributed by atoms with E-state index in [1.54, 1.807) is 23.0 Å². The number of aryl methyl sites for hydroxylation is 2. The van der Waals surface area contributed by atoms with Crippen LogP contribution in [0.3, 0.4) is 0 Å². The van der Waals surface area contributed by atoms with Crippen molar-refractivity contribution in [3.05, 3.63) is 21.4 Å². The van der Waals surface area contributed by atoms with Gasteiger partial charge in [-0.15, -0.1) is 11.3 Å². The van der Waals surface area contributed by atoms with Gasteiger partial charge in [-0.3, -0.25) is 4.57 Å². The summed E-state index contributed by atoms with van der Waals surface area (Å²) in [4.78, 5) is 14.9. The minimum absolute atomic E-state index is 0.0325. The first-order chi connectivity index (χ1) is 5.20. The van der Waals surface area contributed by atoms with Crippen molar-refractivity contribution in [2.75, 3.05) is 0 Å². The lowest BCUT2D eigenvalue weighted by Crippen LogP contribution is -2.11. The third-order valence-electron chi connectivity index (χ3n) is 1.80. The molecule has 0 aliphatic carbocycles. The van der Waals surface area contributed by atoms with E-state index in [9.17, 15) is 4.79 Å². The zero-order valence-corrected chi connectivity index (χ0v) is 7.16. The first-order valence-corrected chi connectivity index (χ1v) is 4.21. The van der Waals surface area contributed by atoms with Crippen LogP contribution in [-0.4, -0.2) is 9.55 Å². The molecule has 0 saturated heterocycles. The number of aromatic nitrogens is 2. The molecule has 1 N–H and O–H groups in total. The van der Waals surface area contributed by atoms with Gasteiger partial charge in [-0.05, 0) is 17.9 Å². The van der Waals surface area contributed by atoms with Crippen molar-refractivity contribution in [1.82, 2.24) is 9.55 Å². The fourth-order valence-electron chi connectivity index (χ4n) is 1.11. The molecule has 2 rings (SSSR count). The maximum Gasteiger partial charge on any atom is 0.326 e. The van der Waals surface area contributed by atoms with E-state index in [-0.39, 0.29) is 5.69 Å². The molecule has 0 aliphatic rings. The van der Waals surface area contributed by atoms with E-state index in [4.69, 9.17) is 0 Å². The Bertz CT molecular complexity index is 448. The highest BCUT2D eigenvalue weighted by Gasteiger charge is 2.05. The second-order valence-electron chi connectivity index (χ2n) is 2.59. The van der Waals surface area contributed by atoms with Crippen LogP contribution in [0.2, 0.25) is 0 Å². The molecule has 11 heavy (non-hydrogen) atoms. The second kappa shape index (κ2) is 1.98. The van der Waals surface area contributed by atoms with Gasteiger partial charge < -0.3 is 4.98 Å². The van der Waals surface area contributed by atoms with Gasteiger partial charge in [-0.25, -0.2) is 4.79 Å². The Labute approximate surface area is 67.3 Å². The molecule has 0 aromatic carbocycles. The molecule has 0 bridgehead atoms. The predicted octanol–water partition coefficient (Wildman–Crippen LogP) is 1.24. The highest BCUT2D eigenvalue weighted by molar-refractivity contribution is 7.16. The molecule has 0 radical (unpaired) electrons. The summed E-state index contributed by atoms with van der Waals surface area (Å²) in [5, 5.41) is 2.04.